The molecular weight excluding hydrogens is 308 g/mol. The normalized spacial score (nSPS) is 19.1. The third kappa shape index (κ3) is 5.24. The molecule has 1 aliphatic rings. The summed E-state index contributed by atoms with van der Waals surface area (Å²) in [4.78, 5) is 23.4. The number of sulfonamides is 1. The van der Waals surface area contributed by atoms with Gasteiger partial charge in [-0.1, -0.05) is 13.8 Å². The number of carboxylic acids is 1. The SMILES string of the molecule is CCS(=O)(=O)N1CCC(C(=O)N[C@@H](CC(C)C)C(=O)O)CC1. The first-order chi connectivity index (χ1) is 10.2. The lowest BCUT2D eigenvalue weighted by molar-refractivity contribution is -0.143. The van der Waals surface area contributed by atoms with Crippen molar-refractivity contribution in [3.8, 4) is 0 Å². The summed E-state index contributed by atoms with van der Waals surface area (Å²) in [6.07, 6.45) is 1.24. The van der Waals surface area contributed by atoms with Gasteiger partial charge >= 0.3 is 5.97 Å². The van der Waals surface area contributed by atoms with Crippen LogP contribution < -0.4 is 5.32 Å². The Morgan fingerprint density at radius 2 is 1.82 bits per heavy atom. The Balaban J connectivity index is 2.56. The van der Waals surface area contributed by atoms with Crippen molar-refractivity contribution >= 4 is 21.9 Å². The van der Waals surface area contributed by atoms with Gasteiger partial charge in [0.1, 0.15) is 6.04 Å². The molecule has 0 aromatic rings. The minimum Gasteiger partial charge on any atom is -0.480 e. The molecule has 0 radical (unpaired) electrons. The van der Waals surface area contributed by atoms with E-state index in [1.54, 1.807) is 6.92 Å². The molecule has 22 heavy (non-hydrogen) atoms. The average Bonchev–Trinajstić information content (AvgIpc) is 2.46. The maximum absolute atomic E-state index is 12.2. The summed E-state index contributed by atoms with van der Waals surface area (Å²) in [7, 11) is -3.22. The molecule has 1 saturated heterocycles. The number of hydrogen-bond donors (Lipinski definition) is 2. The number of carbonyl (C=O) groups is 2. The van der Waals surface area contributed by atoms with Crippen LogP contribution in [-0.4, -0.2) is 54.6 Å². The first-order valence-electron chi connectivity index (χ1n) is 7.68. The largest absolute Gasteiger partial charge is 0.480 e. The van der Waals surface area contributed by atoms with E-state index < -0.39 is 22.0 Å². The highest BCUT2D eigenvalue weighted by Gasteiger charge is 2.32. The van der Waals surface area contributed by atoms with Gasteiger partial charge in [-0.2, -0.15) is 0 Å². The summed E-state index contributed by atoms with van der Waals surface area (Å²) in [6.45, 7) is 6.02. The summed E-state index contributed by atoms with van der Waals surface area (Å²) in [5, 5.41) is 11.7. The van der Waals surface area contributed by atoms with Crippen molar-refractivity contribution in [3.63, 3.8) is 0 Å². The maximum Gasteiger partial charge on any atom is 0.326 e. The van der Waals surface area contributed by atoms with Crippen LogP contribution in [0.4, 0.5) is 0 Å². The molecule has 1 heterocycles. The Kier molecular flexibility index (Phi) is 6.80. The van der Waals surface area contributed by atoms with Crippen molar-refractivity contribution in [2.45, 2.75) is 46.1 Å². The van der Waals surface area contributed by atoms with E-state index in [2.05, 4.69) is 5.32 Å². The molecule has 0 saturated carbocycles. The Hall–Kier alpha value is -1.15. The average molecular weight is 334 g/mol. The number of nitrogens with zero attached hydrogens (tertiary/aromatic N) is 1. The highest BCUT2D eigenvalue weighted by Crippen LogP contribution is 2.20. The Labute approximate surface area is 132 Å². The van der Waals surface area contributed by atoms with Crippen molar-refractivity contribution < 1.29 is 23.1 Å². The van der Waals surface area contributed by atoms with E-state index in [9.17, 15) is 18.0 Å². The molecule has 0 bridgehead atoms. The van der Waals surface area contributed by atoms with E-state index in [1.807, 2.05) is 13.8 Å². The smallest absolute Gasteiger partial charge is 0.326 e. The molecule has 8 heteroatoms. The van der Waals surface area contributed by atoms with E-state index in [1.165, 1.54) is 4.31 Å². The molecule has 2 N–H and O–H groups in total. The lowest BCUT2D eigenvalue weighted by Gasteiger charge is -2.31. The number of piperidine rings is 1. The molecule has 1 rings (SSSR count). The Bertz CT molecular complexity index is 495. The second kappa shape index (κ2) is 7.92. The fourth-order valence-electron chi connectivity index (χ4n) is 2.56. The third-order valence-corrected chi connectivity index (χ3v) is 5.79. The van der Waals surface area contributed by atoms with E-state index in [-0.39, 0.29) is 23.5 Å². The van der Waals surface area contributed by atoms with Gasteiger partial charge < -0.3 is 10.4 Å². The topological polar surface area (TPSA) is 104 Å². The minimum atomic E-state index is -3.22. The molecule has 1 atom stereocenters. The van der Waals surface area contributed by atoms with Gasteiger partial charge in [-0.3, -0.25) is 4.79 Å². The zero-order valence-corrected chi connectivity index (χ0v) is 14.2. The van der Waals surface area contributed by atoms with E-state index in [0.29, 0.717) is 32.4 Å². The first-order valence-corrected chi connectivity index (χ1v) is 9.29. The van der Waals surface area contributed by atoms with Crippen molar-refractivity contribution in [1.29, 1.82) is 0 Å². The molecule has 7 nitrogen and oxygen atoms in total. The van der Waals surface area contributed by atoms with Gasteiger partial charge in [0.15, 0.2) is 0 Å². The molecule has 0 aromatic heterocycles. The number of carbonyl (C=O) groups excluding carboxylic acids is 1. The molecule has 0 unspecified atom stereocenters. The number of carboxylic acid groups (broad SMARTS) is 1. The van der Waals surface area contributed by atoms with Crippen LogP contribution in [0.15, 0.2) is 0 Å². The highest BCUT2D eigenvalue weighted by molar-refractivity contribution is 7.89. The molecule has 0 spiro atoms. The standard InChI is InChI=1S/C14H26N2O5S/c1-4-22(20,21)16-7-5-11(6-8-16)13(17)15-12(14(18)19)9-10(2)3/h10-12H,4-9H2,1-3H3,(H,15,17)(H,18,19)/t12-/m0/s1. The van der Waals surface area contributed by atoms with Crippen LogP contribution in [0.2, 0.25) is 0 Å². The van der Waals surface area contributed by atoms with Crippen LogP contribution in [0, 0.1) is 11.8 Å². The Morgan fingerprint density at radius 1 is 1.27 bits per heavy atom. The molecule has 1 amide bonds. The predicted octanol–water partition coefficient (Wildman–Crippen LogP) is 0.664. The molecular formula is C14H26N2O5S. The van der Waals surface area contributed by atoms with Gasteiger partial charge in [-0.25, -0.2) is 17.5 Å². The van der Waals surface area contributed by atoms with E-state index >= 15 is 0 Å². The van der Waals surface area contributed by atoms with Crippen molar-refractivity contribution in [2.75, 3.05) is 18.8 Å². The summed E-state index contributed by atoms with van der Waals surface area (Å²) in [5.74, 6) is -1.43. The number of rotatable bonds is 7. The van der Waals surface area contributed by atoms with Crippen molar-refractivity contribution in [1.82, 2.24) is 9.62 Å². The number of amides is 1. The summed E-state index contributed by atoms with van der Waals surface area (Å²) < 4.78 is 24.9. The molecule has 1 fully saturated rings. The van der Waals surface area contributed by atoms with Crippen LogP contribution in [-0.2, 0) is 19.6 Å². The second-order valence-corrected chi connectivity index (χ2v) is 8.36. The van der Waals surface area contributed by atoms with Gasteiger partial charge in [0.05, 0.1) is 5.75 Å². The highest BCUT2D eigenvalue weighted by atomic mass is 32.2. The monoisotopic (exact) mass is 334 g/mol. The zero-order valence-electron chi connectivity index (χ0n) is 13.4. The van der Waals surface area contributed by atoms with Crippen LogP contribution in [0.5, 0.6) is 0 Å². The summed E-state index contributed by atoms with van der Waals surface area (Å²) in [6, 6.07) is -0.884. The van der Waals surface area contributed by atoms with Gasteiger partial charge in [0.25, 0.3) is 0 Å². The third-order valence-electron chi connectivity index (χ3n) is 3.90. The van der Waals surface area contributed by atoms with Gasteiger partial charge in [-0.05, 0) is 32.1 Å². The van der Waals surface area contributed by atoms with Gasteiger partial charge in [0, 0.05) is 19.0 Å². The van der Waals surface area contributed by atoms with E-state index in [4.69, 9.17) is 5.11 Å². The van der Waals surface area contributed by atoms with Crippen LogP contribution >= 0.6 is 0 Å². The van der Waals surface area contributed by atoms with Crippen LogP contribution in [0.3, 0.4) is 0 Å². The molecule has 128 valence electrons. The molecule has 1 aliphatic heterocycles. The van der Waals surface area contributed by atoms with Gasteiger partial charge in [-0.15, -0.1) is 0 Å². The number of aliphatic carboxylic acids is 1. The maximum atomic E-state index is 12.2. The summed E-state index contributed by atoms with van der Waals surface area (Å²) in [5.41, 5.74) is 0. The number of nitrogens with one attached hydrogen (secondary N) is 1. The molecule has 0 aromatic carbocycles. The minimum absolute atomic E-state index is 0.0549. The van der Waals surface area contributed by atoms with Crippen molar-refractivity contribution in [2.24, 2.45) is 11.8 Å². The lowest BCUT2D eigenvalue weighted by Crippen LogP contribution is -2.48. The van der Waals surface area contributed by atoms with E-state index in [0.717, 1.165) is 0 Å². The number of hydrogen-bond acceptors (Lipinski definition) is 4. The Morgan fingerprint density at radius 3 is 2.23 bits per heavy atom. The lowest BCUT2D eigenvalue weighted by atomic mass is 9.96. The zero-order chi connectivity index (χ0) is 16.9. The quantitative estimate of drug-likeness (QED) is 0.712. The summed E-state index contributed by atoms with van der Waals surface area (Å²) >= 11 is 0. The second-order valence-electron chi connectivity index (χ2n) is 6.10. The van der Waals surface area contributed by atoms with Gasteiger partial charge in [0.2, 0.25) is 15.9 Å². The van der Waals surface area contributed by atoms with Crippen LogP contribution in [0.25, 0.3) is 0 Å². The predicted molar refractivity (Wildman–Crippen MR) is 82.8 cm³/mol. The molecule has 0 aliphatic carbocycles. The fraction of sp³-hybridized carbons (Fsp3) is 0.857. The fourth-order valence-corrected chi connectivity index (χ4v) is 3.69. The van der Waals surface area contributed by atoms with Crippen LogP contribution in [0.1, 0.15) is 40.0 Å². The van der Waals surface area contributed by atoms with Crippen molar-refractivity contribution in [3.05, 3.63) is 0 Å². The first kappa shape index (κ1) is 18.9.